The van der Waals surface area contributed by atoms with Crippen molar-refractivity contribution < 1.29 is 19.1 Å². The van der Waals surface area contributed by atoms with E-state index in [9.17, 15) is 9.59 Å². The topological polar surface area (TPSA) is 116 Å². The Labute approximate surface area is 183 Å². The van der Waals surface area contributed by atoms with Gasteiger partial charge in [-0.1, -0.05) is 0 Å². The van der Waals surface area contributed by atoms with Crippen LogP contribution in [0.3, 0.4) is 0 Å². The lowest BCUT2D eigenvalue weighted by Gasteiger charge is -2.20. The number of nitrogen functional groups attached to an aromatic ring is 1. The van der Waals surface area contributed by atoms with Crippen molar-refractivity contribution in [2.45, 2.75) is 65.6 Å². The molecular weight excluding hydrogens is 396 g/mol. The summed E-state index contributed by atoms with van der Waals surface area (Å²) in [5.41, 5.74) is 8.34. The van der Waals surface area contributed by atoms with Crippen LogP contribution in [-0.2, 0) is 22.3 Å². The number of nitrogens with zero attached hydrogens (tertiary/aromatic N) is 1. The van der Waals surface area contributed by atoms with Crippen LogP contribution in [0.1, 0.15) is 52.7 Å². The van der Waals surface area contributed by atoms with Gasteiger partial charge in [-0.2, -0.15) is 0 Å². The largest absolute Gasteiger partial charge is 0.444 e. The van der Waals surface area contributed by atoms with E-state index in [-0.39, 0.29) is 0 Å². The Balaban J connectivity index is 2.07. The van der Waals surface area contributed by atoms with E-state index in [1.54, 1.807) is 45.3 Å². The molecule has 168 valence electrons. The zero-order valence-corrected chi connectivity index (χ0v) is 19.0. The standard InChI is InChI=1S/C23H32N4O4/c1-22(2,3)30-20(28)26-18-11-15(13-25-14-18)7-8-16-12-17(24)9-10-19(16)27-21(29)31-23(4,5)6/h9-14H,7-8,24H2,1-6H3,(H,26,28)(H,27,29). The van der Waals surface area contributed by atoms with E-state index in [1.807, 2.05) is 32.9 Å². The number of aryl methyl sites for hydroxylation is 2. The van der Waals surface area contributed by atoms with Crippen molar-refractivity contribution in [3.63, 3.8) is 0 Å². The molecule has 0 fully saturated rings. The molecule has 8 nitrogen and oxygen atoms in total. The molecule has 0 unspecified atom stereocenters. The van der Waals surface area contributed by atoms with E-state index in [1.165, 1.54) is 0 Å². The minimum atomic E-state index is -0.592. The van der Waals surface area contributed by atoms with Crippen molar-refractivity contribution in [1.82, 2.24) is 4.98 Å². The molecule has 1 aromatic heterocycles. The summed E-state index contributed by atoms with van der Waals surface area (Å²) >= 11 is 0. The van der Waals surface area contributed by atoms with Gasteiger partial charge >= 0.3 is 12.2 Å². The first-order valence-corrected chi connectivity index (χ1v) is 10.1. The van der Waals surface area contributed by atoms with Gasteiger partial charge in [0, 0.05) is 17.6 Å². The van der Waals surface area contributed by atoms with Crippen LogP contribution in [0.25, 0.3) is 0 Å². The summed E-state index contributed by atoms with van der Waals surface area (Å²) < 4.78 is 10.6. The van der Waals surface area contributed by atoms with Crippen LogP contribution in [-0.4, -0.2) is 28.4 Å². The Hall–Kier alpha value is -3.29. The Morgan fingerprint density at radius 2 is 1.52 bits per heavy atom. The predicted molar refractivity (Wildman–Crippen MR) is 122 cm³/mol. The smallest absolute Gasteiger partial charge is 0.412 e. The number of aromatic nitrogens is 1. The van der Waals surface area contributed by atoms with Gasteiger partial charge < -0.3 is 15.2 Å². The van der Waals surface area contributed by atoms with Crippen LogP contribution in [0.15, 0.2) is 36.7 Å². The van der Waals surface area contributed by atoms with E-state index in [2.05, 4.69) is 15.6 Å². The molecule has 0 aliphatic carbocycles. The van der Waals surface area contributed by atoms with Gasteiger partial charge in [0.2, 0.25) is 0 Å². The Kier molecular flexibility index (Phi) is 7.49. The zero-order valence-electron chi connectivity index (χ0n) is 19.0. The van der Waals surface area contributed by atoms with E-state index >= 15 is 0 Å². The van der Waals surface area contributed by atoms with Crippen molar-refractivity contribution in [3.8, 4) is 0 Å². The molecule has 0 aliphatic heterocycles. The number of nitrogens with one attached hydrogen (secondary N) is 2. The maximum atomic E-state index is 12.2. The van der Waals surface area contributed by atoms with Crippen molar-refractivity contribution in [3.05, 3.63) is 47.8 Å². The molecule has 0 aliphatic rings. The fourth-order valence-corrected chi connectivity index (χ4v) is 2.75. The number of pyridine rings is 1. The second-order valence-electron chi connectivity index (χ2n) is 9.25. The number of hydrogen-bond acceptors (Lipinski definition) is 6. The van der Waals surface area contributed by atoms with Crippen LogP contribution in [0.2, 0.25) is 0 Å². The summed E-state index contributed by atoms with van der Waals surface area (Å²) in [4.78, 5) is 28.3. The number of carbonyl (C=O) groups is 2. The lowest BCUT2D eigenvalue weighted by Crippen LogP contribution is -2.27. The number of amides is 2. The maximum Gasteiger partial charge on any atom is 0.412 e. The molecule has 0 spiro atoms. The highest BCUT2D eigenvalue weighted by Crippen LogP contribution is 2.23. The molecule has 8 heteroatoms. The highest BCUT2D eigenvalue weighted by atomic mass is 16.6. The Bertz CT molecular complexity index is 930. The first-order valence-electron chi connectivity index (χ1n) is 10.1. The van der Waals surface area contributed by atoms with Crippen molar-refractivity contribution in [2.24, 2.45) is 0 Å². The summed E-state index contributed by atoms with van der Waals surface area (Å²) in [6.45, 7) is 10.8. The molecule has 0 saturated carbocycles. The fraction of sp³-hybridized carbons (Fsp3) is 0.435. The molecule has 31 heavy (non-hydrogen) atoms. The third kappa shape index (κ3) is 8.94. The van der Waals surface area contributed by atoms with Gasteiger partial charge in [0.1, 0.15) is 11.2 Å². The highest BCUT2D eigenvalue weighted by molar-refractivity contribution is 5.86. The van der Waals surface area contributed by atoms with Crippen molar-refractivity contribution in [1.29, 1.82) is 0 Å². The number of carbonyl (C=O) groups excluding carboxylic acids is 2. The lowest BCUT2D eigenvalue weighted by molar-refractivity contribution is 0.0624. The molecule has 1 aromatic carbocycles. The van der Waals surface area contributed by atoms with Gasteiger partial charge in [-0.25, -0.2) is 9.59 Å². The van der Waals surface area contributed by atoms with Gasteiger partial charge in [0.05, 0.1) is 11.9 Å². The number of nitrogens with two attached hydrogens (primary N) is 1. The van der Waals surface area contributed by atoms with Crippen LogP contribution in [0, 0.1) is 0 Å². The quantitative estimate of drug-likeness (QED) is 0.568. The van der Waals surface area contributed by atoms with E-state index in [4.69, 9.17) is 15.2 Å². The van der Waals surface area contributed by atoms with Gasteiger partial charge in [-0.3, -0.25) is 15.6 Å². The highest BCUT2D eigenvalue weighted by Gasteiger charge is 2.18. The summed E-state index contributed by atoms with van der Waals surface area (Å²) in [7, 11) is 0. The number of anilines is 3. The summed E-state index contributed by atoms with van der Waals surface area (Å²) in [5, 5.41) is 5.47. The fourth-order valence-electron chi connectivity index (χ4n) is 2.75. The number of ether oxygens (including phenoxy) is 2. The molecule has 2 rings (SSSR count). The summed E-state index contributed by atoms with van der Waals surface area (Å²) in [5.74, 6) is 0. The summed E-state index contributed by atoms with van der Waals surface area (Å²) in [6.07, 6.45) is 3.46. The van der Waals surface area contributed by atoms with Gasteiger partial charge in [0.15, 0.2) is 0 Å². The van der Waals surface area contributed by atoms with Crippen LogP contribution < -0.4 is 16.4 Å². The molecule has 0 saturated heterocycles. The third-order valence-corrected chi connectivity index (χ3v) is 3.89. The molecular formula is C23H32N4O4. The average Bonchev–Trinajstić information content (AvgIpc) is 2.59. The number of rotatable bonds is 5. The van der Waals surface area contributed by atoms with Crippen LogP contribution in [0.4, 0.5) is 26.7 Å². The minimum Gasteiger partial charge on any atom is -0.444 e. The molecule has 2 aromatic rings. The maximum absolute atomic E-state index is 12.2. The monoisotopic (exact) mass is 428 g/mol. The minimum absolute atomic E-state index is 0.524. The second kappa shape index (κ2) is 9.68. The van der Waals surface area contributed by atoms with E-state index < -0.39 is 23.4 Å². The van der Waals surface area contributed by atoms with Gasteiger partial charge in [-0.05, 0) is 89.8 Å². The molecule has 2 amide bonds. The van der Waals surface area contributed by atoms with E-state index in [0.717, 1.165) is 11.1 Å². The third-order valence-electron chi connectivity index (χ3n) is 3.89. The summed E-state index contributed by atoms with van der Waals surface area (Å²) in [6, 6.07) is 7.14. The average molecular weight is 429 g/mol. The van der Waals surface area contributed by atoms with Crippen LogP contribution in [0.5, 0.6) is 0 Å². The molecule has 0 radical (unpaired) electrons. The van der Waals surface area contributed by atoms with E-state index in [0.29, 0.717) is 29.9 Å². The Morgan fingerprint density at radius 1 is 0.903 bits per heavy atom. The number of hydrogen-bond donors (Lipinski definition) is 3. The second-order valence-corrected chi connectivity index (χ2v) is 9.25. The lowest BCUT2D eigenvalue weighted by atomic mass is 10.0. The number of benzene rings is 1. The van der Waals surface area contributed by atoms with Crippen LogP contribution >= 0.6 is 0 Å². The normalized spacial score (nSPS) is 11.5. The molecule has 4 N–H and O–H groups in total. The molecule has 0 bridgehead atoms. The molecule has 1 heterocycles. The molecule has 0 atom stereocenters. The van der Waals surface area contributed by atoms with Crippen molar-refractivity contribution >= 4 is 29.2 Å². The SMILES string of the molecule is CC(C)(C)OC(=O)Nc1cncc(CCc2cc(N)ccc2NC(=O)OC(C)(C)C)c1. The van der Waals surface area contributed by atoms with Gasteiger partial charge in [-0.15, -0.1) is 0 Å². The zero-order chi connectivity index (χ0) is 23.2. The van der Waals surface area contributed by atoms with Crippen molar-refractivity contribution in [2.75, 3.05) is 16.4 Å². The predicted octanol–water partition coefficient (Wildman–Crippen LogP) is 5.14. The Morgan fingerprint density at radius 3 is 2.13 bits per heavy atom. The van der Waals surface area contributed by atoms with Gasteiger partial charge in [0.25, 0.3) is 0 Å². The first kappa shape index (κ1) is 24.0. The first-order chi connectivity index (χ1) is 14.3.